The topological polar surface area (TPSA) is 79.7 Å². The summed E-state index contributed by atoms with van der Waals surface area (Å²) in [4.78, 5) is 27.8. The average molecular weight is 254 g/mol. The molecular weight excluding hydrogens is 243 g/mol. The Kier molecular flexibility index (Phi) is 3.52. The van der Waals surface area contributed by atoms with Crippen LogP contribution >= 0.6 is 0 Å². The SMILES string of the molecule is O=C(O)C1CN(C(=O)c2ccc(F)cn2)CCO1. The van der Waals surface area contributed by atoms with Gasteiger partial charge in [0, 0.05) is 6.54 Å². The van der Waals surface area contributed by atoms with Gasteiger partial charge in [0.25, 0.3) is 5.91 Å². The van der Waals surface area contributed by atoms with Crippen molar-refractivity contribution in [1.29, 1.82) is 0 Å². The van der Waals surface area contributed by atoms with Crippen molar-refractivity contribution in [3.05, 3.63) is 29.8 Å². The predicted molar refractivity (Wildman–Crippen MR) is 57.5 cm³/mol. The largest absolute Gasteiger partial charge is 0.479 e. The molecule has 0 aromatic carbocycles. The Morgan fingerprint density at radius 1 is 1.50 bits per heavy atom. The van der Waals surface area contributed by atoms with Gasteiger partial charge in [-0.25, -0.2) is 14.2 Å². The zero-order valence-corrected chi connectivity index (χ0v) is 9.38. The van der Waals surface area contributed by atoms with Gasteiger partial charge in [0.15, 0.2) is 6.10 Å². The lowest BCUT2D eigenvalue weighted by Crippen LogP contribution is -2.48. The van der Waals surface area contributed by atoms with Gasteiger partial charge in [-0.3, -0.25) is 4.79 Å². The third-order valence-electron chi connectivity index (χ3n) is 2.58. The van der Waals surface area contributed by atoms with E-state index in [0.29, 0.717) is 6.54 Å². The van der Waals surface area contributed by atoms with E-state index in [1.165, 1.54) is 11.0 Å². The smallest absolute Gasteiger partial charge is 0.334 e. The number of aromatic nitrogens is 1. The number of morpholine rings is 1. The van der Waals surface area contributed by atoms with E-state index in [-0.39, 0.29) is 18.8 Å². The average Bonchev–Trinajstić information content (AvgIpc) is 2.39. The zero-order chi connectivity index (χ0) is 13.1. The van der Waals surface area contributed by atoms with Crippen molar-refractivity contribution in [3.63, 3.8) is 0 Å². The van der Waals surface area contributed by atoms with Gasteiger partial charge in [0.05, 0.1) is 19.3 Å². The Bertz CT molecular complexity index is 463. The summed E-state index contributed by atoms with van der Waals surface area (Å²) < 4.78 is 17.7. The molecule has 1 amide bonds. The number of hydrogen-bond donors (Lipinski definition) is 1. The summed E-state index contributed by atoms with van der Waals surface area (Å²) in [5.74, 6) is -2.07. The van der Waals surface area contributed by atoms with Crippen molar-refractivity contribution in [2.45, 2.75) is 6.10 Å². The number of aliphatic carboxylic acids is 1. The lowest BCUT2D eigenvalue weighted by molar-refractivity contribution is -0.154. The van der Waals surface area contributed by atoms with E-state index in [4.69, 9.17) is 9.84 Å². The van der Waals surface area contributed by atoms with Crippen molar-refractivity contribution in [2.75, 3.05) is 19.7 Å². The van der Waals surface area contributed by atoms with Gasteiger partial charge < -0.3 is 14.7 Å². The maximum absolute atomic E-state index is 12.7. The Labute approximate surface area is 102 Å². The van der Waals surface area contributed by atoms with E-state index in [9.17, 15) is 14.0 Å². The molecule has 1 aromatic heterocycles. The monoisotopic (exact) mass is 254 g/mol. The third kappa shape index (κ3) is 2.62. The lowest BCUT2D eigenvalue weighted by Gasteiger charge is -2.30. The van der Waals surface area contributed by atoms with Gasteiger partial charge in [-0.2, -0.15) is 0 Å². The quantitative estimate of drug-likeness (QED) is 0.812. The molecule has 1 aromatic rings. The van der Waals surface area contributed by atoms with Crippen molar-refractivity contribution in [2.24, 2.45) is 0 Å². The fraction of sp³-hybridized carbons (Fsp3) is 0.364. The fourth-order valence-electron chi connectivity index (χ4n) is 1.65. The van der Waals surface area contributed by atoms with Crippen LogP contribution in [0.3, 0.4) is 0 Å². The first-order chi connectivity index (χ1) is 8.58. The molecule has 18 heavy (non-hydrogen) atoms. The molecule has 6 nitrogen and oxygen atoms in total. The van der Waals surface area contributed by atoms with Gasteiger partial charge in [-0.1, -0.05) is 0 Å². The van der Waals surface area contributed by atoms with Crippen LogP contribution in [-0.2, 0) is 9.53 Å². The van der Waals surface area contributed by atoms with Gasteiger partial charge in [-0.05, 0) is 12.1 Å². The molecule has 2 rings (SSSR count). The maximum atomic E-state index is 12.7. The summed E-state index contributed by atoms with van der Waals surface area (Å²) in [6.07, 6.45) is -0.0781. The second kappa shape index (κ2) is 5.09. The molecule has 1 atom stereocenters. The number of nitrogens with zero attached hydrogens (tertiary/aromatic N) is 2. The van der Waals surface area contributed by atoms with Crippen LogP contribution in [-0.4, -0.2) is 52.7 Å². The summed E-state index contributed by atoms with van der Waals surface area (Å²) in [6.45, 7) is 0.415. The first-order valence-electron chi connectivity index (χ1n) is 5.33. The first kappa shape index (κ1) is 12.4. The van der Waals surface area contributed by atoms with Gasteiger partial charge in [0.2, 0.25) is 0 Å². The number of carboxylic acid groups (broad SMARTS) is 1. The molecule has 0 spiro atoms. The fourth-order valence-corrected chi connectivity index (χ4v) is 1.65. The molecule has 1 N–H and O–H groups in total. The van der Waals surface area contributed by atoms with E-state index >= 15 is 0 Å². The molecule has 0 radical (unpaired) electrons. The van der Waals surface area contributed by atoms with E-state index in [2.05, 4.69) is 4.98 Å². The highest BCUT2D eigenvalue weighted by Crippen LogP contribution is 2.10. The number of amides is 1. The Balaban J connectivity index is 2.09. The number of pyridine rings is 1. The molecular formula is C11H11FN2O4. The van der Waals surface area contributed by atoms with Crippen LogP contribution in [0, 0.1) is 5.82 Å². The lowest BCUT2D eigenvalue weighted by atomic mass is 10.2. The van der Waals surface area contributed by atoms with Crippen LogP contribution in [0.1, 0.15) is 10.5 Å². The Hall–Kier alpha value is -2.02. The second-order valence-corrected chi connectivity index (χ2v) is 3.81. The summed E-state index contributed by atoms with van der Waals surface area (Å²) in [5.41, 5.74) is 0.0856. The molecule has 0 bridgehead atoms. The van der Waals surface area contributed by atoms with E-state index in [0.717, 1.165) is 12.3 Å². The molecule has 1 fully saturated rings. The van der Waals surface area contributed by atoms with Gasteiger partial charge in [-0.15, -0.1) is 0 Å². The number of rotatable bonds is 2. The van der Waals surface area contributed by atoms with Crippen molar-refractivity contribution < 1.29 is 23.8 Å². The number of carbonyl (C=O) groups is 2. The van der Waals surface area contributed by atoms with Crippen LogP contribution in [0.2, 0.25) is 0 Å². The summed E-state index contributed by atoms with van der Waals surface area (Å²) in [6, 6.07) is 2.40. The maximum Gasteiger partial charge on any atom is 0.334 e. The summed E-state index contributed by atoms with van der Waals surface area (Å²) >= 11 is 0. The van der Waals surface area contributed by atoms with Crippen molar-refractivity contribution in [3.8, 4) is 0 Å². The molecule has 1 saturated heterocycles. The van der Waals surface area contributed by atoms with Gasteiger partial charge in [0.1, 0.15) is 11.5 Å². The Morgan fingerprint density at radius 2 is 2.28 bits per heavy atom. The van der Waals surface area contributed by atoms with Crippen LogP contribution in [0.25, 0.3) is 0 Å². The van der Waals surface area contributed by atoms with Crippen LogP contribution < -0.4 is 0 Å². The minimum atomic E-state index is -1.11. The minimum Gasteiger partial charge on any atom is -0.479 e. The number of ether oxygens (including phenoxy) is 1. The van der Waals surface area contributed by atoms with Gasteiger partial charge >= 0.3 is 5.97 Å². The second-order valence-electron chi connectivity index (χ2n) is 3.81. The highest BCUT2D eigenvalue weighted by atomic mass is 19.1. The van der Waals surface area contributed by atoms with Crippen LogP contribution in [0.15, 0.2) is 18.3 Å². The third-order valence-corrected chi connectivity index (χ3v) is 2.58. The van der Waals surface area contributed by atoms with Crippen LogP contribution in [0.5, 0.6) is 0 Å². The minimum absolute atomic E-state index is 0.0345. The molecule has 0 saturated carbocycles. The van der Waals surface area contributed by atoms with Crippen molar-refractivity contribution >= 4 is 11.9 Å². The molecule has 7 heteroatoms. The molecule has 1 unspecified atom stereocenters. The highest BCUT2D eigenvalue weighted by Gasteiger charge is 2.29. The number of halogens is 1. The molecule has 96 valence electrons. The summed E-state index contributed by atoms with van der Waals surface area (Å²) in [7, 11) is 0. The van der Waals surface area contributed by atoms with Crippen molar-refractivity contribution in [1.82, 2.24) is 9.88 Å². The number of carbonyl (C=O) groups excluding carboxylic acids is 1. The summed E-state index contributed by atoms with van der Waals surface area (Å²) in [5, 5.41) is 8.82. The van der Waals surface area contributed by atoms with E-state index in [1.807, 2.05) is 0 Å². The highest BCUT2D eigenvalue weighted by molar-refractivity contribution is 5.92. The molecule has 1 aliphatic rings. The number of hydrogen-bond acceptors (Lipinski definition) is 4. The van der Waals surface area contributed by atoms with E-state index in [1.54, 1.807) is 0 Å². The zero-order valence-electron chi connectivity index (χ0n) is 9.38. The van der Waals surface area contributed by atoms with E-state index < -0.39 is 23.8 Å². The Morgan fingerprint density at radius 3 is 2.89 bits per heavy atom. The molecule has 2 heterocycles. The number of carboxylic acids is 1. The predicted octanol–water partition coefficient (Wildman–Crippen LogP) is 0.146. The standard InChI is InChI=1S/C11H11FN2O4/c12-7-1-2-8(13-5-7)10(15)14-3-4-18-9(6-14)11(16)17/h1-2,5,9H,3-4,6H2,(H,16,17). The normalized spacial score (nSPS) is 19.6. The molecule has 1 aliphatic heterocycles. The first-order valence-corrected chi connectivity index (χ1v) is 5.33. The van der Waals surface area contributed by atoms with Crippen LogP contribution in [0.4, 0.5) is 4.39 Å². The molecule has 0 aliphatic carbocycles.